The Labute approximate surface area is 217 Å². The molecule has 4 rings (SSSR count). The van der Waals surface area contributed by atoms with Crippen LogP contribution in [0.2, 0.25) is 0 Å². The van der Waals surface area contributed by atoms with Crippen LogP contribution in [0.1, 0.15) is 70.1 Å². The fraction of sp³-hybridized carbons (Fsp3) is 0.394. The van der Waals surface area contributed by atoms with E-state index in [-0.39, 0.29) is 10.8 Å². The van der Waals surface area contributed by atoms with E-state index in [1.54, 1.807) is 0 Å². The van der Waals surface area contributed by atoms with E-state index in [9.17, 15) is 0 Å². The van der Waals surface area contributed by atoms with Crippen molar-refractivity contribution in [3.8, 4) is 11.1 Å². The van der Waals surface area contributed by atoms with E-state index < -0.39 is 0 Å². The van der Waals surface area contributed by atoms with E-state index >= 15 is 0 Å². The van der Waals surface area contributed by atoms with Crippen molar-refractivity contribution in [3.05, 3.63) is 102 Å². The molecule has 1 saturated heterocycles. The first kappa shape index (κ1) is 25.8. The fourth-order valence-corrected chi connectivity index (χ4v) is 5.99. The van der Waals surface area contributed by atoms with Gasteiger partial charge in [0.1, 0.15) is 0 Å². The van der Waals surface area contributed by atoms with E-state index in [0.717, 1.165) is 19.5 Å². The van der Waals surface area contributed by atoms with Crippen LogP contribution in [-0.4, -0.2) is 17.4 Å². The highest BCUT2D eigenvalue weighted by atomic mass is 32.2. The molecule has 0 aliphatic carbocycles. The van der Waals surface area contributed by atoms with Gasteiger partial charge in [0.2, 0.25) is 0 Å². The quantitative estimate of drug-likeness (QED) is 0.243. The van der Waals surface area contributed by atoms with E-state index in [1.165, 1.54) is 45.6 Å². The molecule has 35 heavy (non-hydrogen) atoms. The maximum absolute atomic E-state index is 4.02. The molecule has 1 heterocycles. The second-order valence-corrected chi connectivity index (χ2v) is 13.0. The summed E-state index contributed by atoms with van der Waals surface area (Å²) in [6.07, 6.45) is 5.63. The Morgan fingerprint density at radius 2 is 1.66 bits per heavy atom. The van der Waals surface area contributed by atoms with Gasteiger partial charge in [0.25, 0.3) is 0 Å². The molecule has 0 radical (unpaired) electrons. The lowest BCUT2D eigenvalue weighted by Crippen LogP contribution is -2.29. The first-order valence-electron chi connectivity index (χ1n) is 13.0. The van der Waals surface area contributed by atoms with Crippen molar-refractivity contribution in [2.24, 2.45) is 5.41 Å². The normalized spacial score (nSPS) is 17.3. The Balaban J connectivity index is 1.44. The Morgan fingerprint density at radius 3 is 2.37 bits per heavy atom. The molecule has 2 heteroatoms. The molecule has 1 atom stereocenters. The van der Waals surface area contributed by atoms with Crippen LogP contribution in [0.15, 0.2) is 90.3 Å². The number of hydrogen-bond acceptors (Lipinski definition) is 2. The lowest BCUT2D eigenvalue weighted by molar-refractivity contribution is 0.342. The maximum atomic E-state index is 4.02. The molecule has 1 fully saturated rings. The molecule has 0 bridgehead atoms. The first-order chi connectivity index (χ1) is 16.6. The molecule has 3 aromatic rings. The lowest BCUT2D eigenvalue weighted by Gasteiger charge is -2.32. The minimum atomic E-state index is 0.130. The number of rotatable bonds is 7. The zero-order chi connectivity index (χ0) is 25.1. The van der Waals surface area contributed by atoms with Gasteiger partial charge in [-0.15, -0.1) is 6.58 Å². The summed E-state index contributed by atoms with van der Waals surface area (Å²) in [5.41, 5.74) is 7.18. The molecule has 1 aliphatic rings. The molecule has 184 valence electrons. The lowest BCUT2D eigenvalue weighted by atomic mass is 9.84. The van der Waals surface area contributed by atoms with Crippen molar-refractivity contribution >= 4 is 11.9 Å². The molecular formula is C33H41NS. The van der Waals surface area contributed by atoms with Gasteiger partial charge in [-0.2, -0.15) is 0 Å². The average molecular weight is 484 g/mol. The summed E-state index contributed by atoms with van der Waals surface area (Å²) in [5, 5.41) is 0. The van der Waals surface area contributed by atoms with Gasteiger partial charge in [-0.1, -0.05) is 101 Å². The van der Waals surface area contributed by atoms with Gasteiger partial charge in [-0.25, -0.2) is 4.31 Å². The van der Waals surface area contributed by atoms with Gasteiger partial charge >= 0.3 is 0 Å². The fourth-order valence-electron chi connectivity index (χ4n) is 4.90. The van der Waals surface area contributed by atoms with Crippen molar-refractivity contribution in [3.63, 3.8) is 0 Å². The molecule has 0 aromatic heterocycles. The summed E-state index contributed by atoms with van der Waals surface area (Å²) in [6, 6.07) is 27.4. The van der Waals surface area contributed by atoms with Gasteiger partial charge in [0, 0.05) is 18.0 Å². The van der Waals surface area contributed by atoms with Crippen LogP contribution in [0, 0.1) is 5.41 Å². The molecule has 0 amide bonds. The summed E-state index contributed by atoms with van der Waals surface area (Å²) in [5.74, 6) is 0.594. The average Bonchev–Trinajstić information content (AvgIpc) is 2.84. The number of nitrogens with zero attached hydrogens (tertiary/aromatic N) is 1. The van der Waals surface area contributed by atoms with Crippen molar-refractivity contribution in [1.82, 2.24) is 4.31 Å². The third kappa shape index (κ3) is 6.90. The van der Waals surface area contributed by atoms with Gasteiger partial charge in [-0.05, 0) is 87.9 Å². The monoisotopic (exact) mass is 483 g/mol. The molecular weight excluding hydrogens is 442 g/mol. The Morgan fingerprint density at radius 1 is 0.914 bits per heavy atom. The number of allylic oxidation sites excluding steroid dienone is 1. The predicted molar refractivity (Wildman–Crippen MR) is 154 cm³/mol. The van der Waals surface area contributed by atoms with Crippen LogP contribution < -0.4 is 0 Å². The smallest absolute Gasteiger partial charge is 0.0236 e. The Bertz CT molecular complexity index is 1140. The van der Waals surface area contributed by atoms with Crippen LogP contribution in [0.25, 0.3) is 11.1 Å². The number of hydrogen-bond donors (Lipinski definition) is 0. The van der Waals surface area contributed by atoms with Crippen LogP contribution >= 0.6 is 11.9 Å². The van der Waals surface area contributed by atoms with Gasteiger partial charge in [0.15, 0.2) is 0 Å². The SMILES string of the molecule is C=CC(C)(C)Cc1cccc(C2CCCN(Sc3cccc(-c4ccc(C(C)(C)C)cc4)c3)C2)c1. The van der Waals surface area contributed by atoms with E-state index in [0.29, 0.717) is 5.92 Å². The van der Waals surface area contributed by atoms with Gasteiger partial charge in [-0.3, -0.25) is 0 Å². The minimum Gasteiger partial charge on any atom is -0.246 e. The molecule has 1 aliphatic heterocycles. The van der Waals surface area contributed by atoms with Crippen molar-refractivity contribution in [1.29, 1.82) is 0 Å². The van der Waals surface area contributed by atoms with E-state index in [1.807, 2.05) is 11.9 Å². The van der Waals surface area contributed by atoms with E-state index in [2.05, 4.69) is 124 Å². The standard InChI is InChI=1S/C33H41NS/c1-7-33(5,6)23-25-11-8-12-27(21-25)29-14-10-20-34(24-29)35-31-15-9-13-28(22-31)26-16-18-30(19-17-26)32(2,3)4/h7-9,11-13,15-19,21-22,29H,1,10,14,20,23-24H2,2-6H3. The van der Waals surface area contributed by atoms with Crippen LogP contribution in [-0.2, 0) is 11.8 Å². The summed E-state index contributed by atoms with van der Waals surface area (Å²) < 4.78 is 2.57. The second-order valence-electron chi connectivity index (χ2n) is 11.8. The Kier molecular flexibility index (Phi) is 7.93. The second kappa shape index (κ2) is 10.8. The topological polar surface area (TPSA) is 3.24 Å². The summed E-state index contributed by atoms with van der Waals surface area (Å²) in [6.45, 7) is 17.6. The third-order valence-electron chi connectivity index (χ3n) is 7.17. The van der Waals surface area contributed by atoms with Crippen molar-refractivity contribution in [2.75, 3.05) is 13.1 Å². The highest BCUT2D eigenvalue weighted by Crippen LogP contribution is 2.36. The molecule has 1 unspecified atom stereocenters. The van der Waals surface area contributed by atoms with Crippen LogP contribution in [0.4, 0.5) is 0 Å². The number of benzene rings is 3. The zero-order valence-corrected chi connectivity index (χ0v) is 23.0. The predicted octanol–water partition coefficient (Wildman–Crippen LogP) is 9.29. The van der Waals surface area contributed by atoms with E-state index in [4.69, 9.17) is 0 Å². The Hall–Kier alpha value is -2.29. The third-order valence-corrected chi connectivity index (χ3v) is 8.23. The summed E-state index contributed by atoms with van der Waals surface area (Å²) in [7, 11) is 0. The van der Waals surface area contributed by atoms with Crippen molar-refractivity contribution in [2.45, 2.75) is 70.1 Å². The van der Waals surface area contributed by atoms with Crippen molar-refractivity contribution < 1.29 is 0 Å². The molecule has 0 N–H and O–H groups in total. The first-order valence-corrected chi connectivity index (χ1v) is 13.8. The molecule has 1 nitrogen and oxygen atoms in total. The largest absolute Gasteiger partial charge is 0.246 e. The minimum absolute atomic E-state index is 0.130. The van der Waals surface area contributed by atoms with Gasteiger partial charge in [0.05, 0.1) is 0 Å². The van der Waals surface area contributed by atoms with Crippen LogP contribution in [0.3, 0.4) is 0 Å². The highest BCUT2D eigenvalue weighted by Gasteiger charge is 2.23. The number of piperidine rings is 1. The zero-order valence-electron chi connectivity index (χ0n) is 22.2. The van der Waals surface area contributed by atoms with Crippen LogP contribution in [0.5, 0.6) is 0 Å². The van der Waals surface area contributed by atoms with Gasteiger partial charge < -0.3 is 0 Å². The molecule has 0 spiro atoms. The summed E-state index contributed by atoms with van der Waals surface area (Å²) in [4.78, 5) is 1.32. The molecule has 0 saturated carbocycles. The highest BCUT2D eigenvalue weighted by molar-refractivity contribution is 7.97. The summed E-state index contributed by atoms with van der Waals surface area (Å²) >= 11 is 1.92. The maximum Gasteiger partial charge on any atom is 0.0236 e. The molecule has 3 aromatic carbocycles.